The number of nitrogens with zero attached hydrogens (tertiary/aromatic N) is 1. The second kappa shape index (κ2) is 8.27. The summed E-state index contributed by atoms with van der Waals surface area (Å²) in [5.74, 6) is 2.39. The van der Waals surface area contributed by atoms with Crippen molar-refractivity contribution < 1.29 is 19.0 Å². The Bertz CT molecular complexity index is 547. The summed E-state index contributed by atoms with van der Waals surface area (Å²) >= 11 is 0. The van der Waals surface area contributed by atoms with E-state index in [-0.39, 0.29) is 5.91 Å². The highest BCUT2D eigenvalue weighted by Gasteiger charge is 2.28. The standard InChI is InChI=1S/C19H29NO4/c1-13-8-6-7-9-15(13)20(2)18(21)12-14-10-16(22-3)19(24-5)17(11-14)23-4/h10-11,13,15H,6-9,12H2,1-5H3. The van der Waals surface area contributed by atoms with Crippen LogP contribution in [0.15, 0.2) is 12.1 Å². The molecule has 5 nitrogen and oxygen atoms in total. The third-order valence-electron chi connectivity index (χ3n) is 5.04. The number of hydrogen-bond donors (Lipinski definition) is 0. The molecule has 1 fully saturated rings. The minimum atomic E-state index is 0.128. The lowest BCUT2D eigenvalue weighted by atomic mass is 9.85. The molecule has 0 bridgehead atoms. The Morgan fingerprint density at radius 2 is 1.67 bits per heavy atom. The number of carbonyl (C=O) groups is 1. The number of carbonyl (C=O) groups excluding carboxylic acids is 1. The van der Waals surface area contributed by atoms with E-state index in [1.165, 1.54) is 19.3 Å². The molecule has 1 aromatic carbocycles. The molecule has 0 heterocycles. The third-order valence-corrected chi connectivity index (χ3v) is 5.04. The van der Waals surface area contributed by atoms with Gasteiger partial charge in [0.15, 0.2) is 11.5 Å². The maximum atomic E-state index is 12.7. The Morgan fingerprint density at radius 3 is 2.17 bits per heavy atom. The lowest BCUT2D eigenvalue weighted by Gasteiger charge is -2.36. The van der Waals surface area contributed by atoms with Gasteiger partial charge in [-0.2, -0.15) is 0 Å². The third kappa shape index (κ3) is 3.94. The van der Waals surface area contributed by atoms with E-state index < -0.39 is 0 Å². The number of methoxy groups -OCH3 is 3. The fourth-order valence-corrected chi connectivity index (χ4v) is 3.59. The first-order valence-electron chi connectivity index (χ1n) is 8.56. The molecule has 2 rings (SSSR count). The molecule has 134 valence electrons. The van der Waals surface area contributed by atoms with E-state index in [9.17, 15) is 4.79 Å². The summed E-state index contributed by atoms with van der Waals surface area (Å²) in [7, 11) is 6.66. The Hall–Kier alpha value is -1.91. The zero-order valence-corrected chi connectivity index (χ0v) is 15.4. The zero-order valence-electron chi connectivity index (χ0n) is 15.4. The van der Waals surface area contributed by atoms with Crippen LogP contribution in [-0.4, -0.2) is 45.2 Å². The quantitative estimate of drug-likeness (QED) is 0.800. The van der Waals surface area contributed by atoms with E-state index in [4.69, 9.17) is 14.2 Å². The molecule has 2 atom stereocenters. The van der Waals surface area contributed by atoms with Crippen LogP contribution in [0, 0.1) is 5.92 Å². The molecule has 0 aromatic heterocycles. The van der Waals surface area contributed by atoms with Crippen LogP contribution in [0.4, 0.5) is 0 Å². The highest BCUT2D eigenvalue weighted by molar-refractivity contribution is 5.79. The average Bonchev–Trinajstić information content (AvgIpc) is 2.60. The van der Waals surface area contributed by atoms with Crippen LogP contribution >= 0.6 is 0 Å². The summed E-state index contributed by atoms with van der Waals surface area (Å²) in [4.78, 5) is 14.6. The van der Waals surface area contributed by atoms with E-state index in [1.54, 1.807) is 21.3 Å². The summed E-state index contributed by atoms with van der Waals surface area (Å²) in [5, 5.41) is 0. The van der Waals surface area contributed by atoms with Gasteiger partial charge in [0.05, 0.1) is 27.8 Å². The molecule has 0 spiro atoms. The summed E-state index contributed by atoms with van der Waals surface area (Å²) in [5.41, 5.74) is 0.866. The maximum absolute atomic E-state index is 12.7. The van der Waals surface area contributed by atoms with E-state index in [1.807, 2.05) is 24.1 Å². The molecule has 0 saturated heterocycles. The monoisotopic (exact) mass is 335 g/mol. The van der Waals surface area contributed by atoms with E-state index in [0.717, 1.165) is 12.0 Å². The molecule has 1 aromatic rings. The van der Waals surface area contributed by atoms with Crippen molar-refractivity contribution in [3.8, 4) is 17.2 Å². The molecule has 0 N–H and O–H groups in total. The number of likely N-dealkylation sites (N-methyl/N-ethyl adjacent to an activating group) is 1. The van der Waals surface area contributed by atoms with Crippen molar-refractivity contribution >= 4 is 5.91 Å². The number of hydrogen-bond acceptors (Lipinski definition) is 4. The molecule has 1 aliphatic rings. The fourth-order valence-electron chi connectivity index (χ4n) is 3.59. The van der Waals surface area contributed by atoms with Crippen molar-refractivity contribution in [2.75, 3.05) is 28.4 Å². The van der Waals surface area contributed by atoms with Gasteiger partial charge < -0.3 is 19.1 Å². The molecule has 0 radical (unpaired) electrons. The second-order valence-electron chi connectivity index (χ2n) is 6.54. The zero-order chi connectivity index (χ0) is 17.7. The predicted octanol–water partition coefficient (Wildman–Crippen LogP) is 3.29. The van der Waals surface area contributed by atoms with Crippen molar-refractivity contribution in [3.05, 3.63) is 17.7 Å². The van der Waals surface area contributed by atoms with E-state index in [0.29, 0.717) is 35.6 Å². The first kappa shape index (κ1) is 18.4. The first-order valence-corrected chi connectivity index (χ1v) is 8.56. The van der Waals surface area contributed by atoms with Crippen LogP contribution in [0.25, 0.3) is 0 Å². The minimum Gasteiger partial charge on any atom is -0.493 e. The van der Waals surface area contributed by atoms with Crippen molar-refractivity contribution in [3.63, 3.8) is 0 Å². The van der Waals surface area contributed by atoms with Crippen molar-refractivity contribution in [2.24, 2.45) is 5.92 Å². The van der Waals surface area contributed by atoms with Crippen molar-refractivity contribution in [1.82, 2.24) is 4.90 Å². The summed E-state index contributed by atoms with van der Waals surface area (Å²) in [6, 6.07) is 4.03. The van der Waals surface area contributed by atoms with Gasteiger partial charge in [-0.1, -0.05) is 19.8 Å². The van der Waals surface area contributed by atoms with Crippen LogP contribution in [0.2, 0.25) is 0 Å². The number of rotatable bonds is 6. The molecular weight excluding hydrogens is 306 g/mol. The van der Waals surface area contributed by atoms with Gasteiger partial charge in [0.25, 0.3) is 0 Å². The number of amides is 1. The summed E-state index contributed by atoms with van der Waals surface area (Å²) < 4.78 is 16.1. The van der Waals surface area contributed by atoms with Crippen LogP contribution < -0.4 is 14.2 Å². The van der Waals surface area contributed by atoms with Gasteiger partial charge in [0, 0.05) is 13.1 Å². The number of benzene rings is 1. The molecule has 2 unspecified atom stereocenters. The van der Waals surface area contributed by atoms with Crippen LogP contribution in [0.5, 0.6) is 17.2 Å². The van der Waals surface area contributed by atoms with E-state index >= 15 is 0 Å². The van der Waals surface area contributed by atoms with Gasteiger partial charge in [0.2, 0.25) is 11.7 Å². The van der Waals surface area contributed by atoms with Gasteiger partial charge in [-0.25, -0.2) is 0 Å². The van der Waals surface area contributed by atoms with Crippen LogP contribution in [0.1, 0.15) is 38.2 Å². The van der Waals surface area contributed by atoms with Gasteiger partial charge in [-0.15, -0.1) is 0 Å². The highest BCUT2D eigenvalue weighted by atomic mass is 16.5. The Balaban J connectivity index is 2.16. The SMILES string of the molecule is COc1cc(CC(=O)N(C)C2CCCCC2C)cc(OC)c1OC. The molecule has 1 amide bonds. The van der Waals surface area contributed by atoms with Gasteiger partial charge in [0.1, 0.15) is 0 Å². The fraction of sp³-hybridized carbons (Fsp3) is 0.632. The maximum Gasteiger partial charge on any atom is 0.226 e. The molecule has 24 heavy (non-hydrogen) atoms. The predicted molar refractivity (Wildman–Crippen MR) is 94.0 cm³/mol. The van der Waals surface area contributed by atoms with E-state index in [2.05, 4.69) is 6.92 Å². The molecule has 5 heteroatoms. The normalized spacial score (nSPS) is 20.4. The Kier molecular flexibility index (Phi) is 6.35. The lowest BCUT2D eigenvalue weighted by Crippen LogP contribution is -2.43. The van der Waals surface area contributed by atoms with Crippen LogP contribution in [-0.2, 0) is 11.2 Å². The molecule has 1 saturated carbocycles. The van der Waals surface area contributed by atoms with Crippen molar-refractivity contribution in [2.45, 2.75) is 45.1 Å². The molecule has 1 aliphatic carbocycles. The highest BCUT2D eigenvalue weighted by Crippen LogP contribution is 2.38. The topological polar surface area (TPSA) is 48.0 Å². The lowest BCUT2D eigenvalue weighted by molar-refractivity contribution is -0.132. The Morgan fingerprint density at radius 1 is 1.08 bits per heavy atom. The molecular formula is C19H29NO4. The largest absolute Gasteiger partial charge is 0.493 e. The summed E-state index contributed by atoms with van der Waals surface area (Å²) in [6.07, 6.45) is 5.10. The first-order chi connectivity index (χ1) is 11.5. The van der Waals surface area contributed by atoms with Gasteiger partial charge >= 0.3 is 0 Å². The van der Waals surface area contributed by atoms with Crippen LogP contribution in [0.3, 0.4) is 0 Å². The van der Waals surface area contributed by atoms with Gasteiger partial charge in [-0.3, -0.25) is 4.79 Å². The van der Waals surface area contributed by atoms with Crippen molar-refractivity contribution in [1.29, 1.82) is 0 Å². The van der Waals surface area contributed by atoms with Gasteiger partial charge in [-0.05, 0) is 36.5 Å². The second-order valence-corrected chi connectivity index (χ2v) is 6.54. The average molecular weight is 335 g/mol. The Labute approximate surface area is 144 Å². The summed E-state index contributed by atoms with van der Waals surface area (Å²) in [6.45, 7) is 2.24. The molecule has 0 aliphatic heterocycles. The minimum absolute atomic E-state index is 0.128. The smallest absolute Gasteiger partial charge is 0.226 e. The number of ether oxygens (including phenoxy) is 3.